The zero-order valence-electron chi connectivity index (χ0n) is 9.47. The first-order valence-corrected chi connectivity index (χ1v) is 4.97. The van der Waals surface area contributed by atoms with Crippen molar-refractivity contribution < 1.29 is 66.8 Å². The van der Waals surface area contributed by atoms with Gasteiger partial charge in [-0.15, -0.1) is 0 Å². The molecule has 2 N–H and O–H groups in total. The van der Waals surface area contributed by atoms with E-state index in [-0.39, 0.29) is 63.3 Å². The van der Waals surface area contributed by atoms with E-state index in [2.05, 4.69) is 6.92 Å². The van der Waals surface area contributed by atoms with Gasteiger partial charge in [-0.25, -0.2) is 0 Å². The van der Waals surface area contributed by atoms with Gasteiger partial charge in [0.1, 0.15) is 0 Å². The Morgan fingerprint density at radius 3 is 1.86 bits per heavy atom. The first kappa shape index (κ1) is 20.5. The maximum absolute atomic E-state index is 10.0. The van der Waals surface area contributed by atoms with Gasteiger partial charge in [0.15, 0.2) is 0 Å². The normalized spacial score (nSPS) is 8.64. The standard InChI is InChI=1S/C10H20O2.K.H2O/c1-2-3-4-5-6-7-8-9-10(11)12;;/h2-9H2,1H3,(H,11,12);;1H2/q;+1;/p-1. The van der Waals surface area contributed by atoms with Crippen molar-refractivity contribution in [2.75, 3.05) is 0 Å². The number of hydrogen-bond donors (Lipinski definition) is 0. The summed E-state index contributed by atoms with van der Waals surface area (Å²) in [6.07, 6.45) is 8.34. The fraction of sp³-hybridized carbons (Fsp3) is 0.900. The minimum absolute atomic E-state index is 0. The van der Waals surface area contributed by atoms with Crippen LogP contribution >= 0.6 is 0 Å². The second-order valence-corrected chi connectivity index (χ2v) is 3.24. The summed E-state index contributed by atoms with van der Waals surface area (Å²) in [7, 11) is 0. The van der Waals surface area contributed by atoms with Gasteiger partial charge in [0.25, 0.3) is 0 Å². The quantitative estimate of drug-likeness (QED) is 0.358. The fourth-order valence-electron chi connectivity index (χ4n) is 1.23. The molecule has 0 saturated heterocycles. The Bertz CT molecular complexity index is 118. The summed E-state index contributed by atoms with van der Waals surface area (Å²) in [6.45, 7) is 2.19. The van der Waals surface area contributed by atoms with E-state index < -0.39 is 5.97 Å². The minimum atomic E-state index is -0.913. The molecule has 0 fully saturated rings. The third-order valence-corrected chi connectivity index (χ3v) is 1.98. The van der Waals surface area contributed by atoms with E-state index in [1.54, 1.807) is 0 Å². The summed E-state index contributed by atoms with van der Waals surface area (Å²) < 4.78 is 0. The van der Waals surface area contributed by atoms with Crippen molar-refractivity contribution in [2.45, 2.75) is 58.3 Å². The Labute approximate surface area is 129 Å². The zero-order chi connectivity index (χ0) is 9.23. The Kier molecular flexibility index (Phi) is 24.1. The Hall–Kier alpha value is 1.07. The Morgan fingerprint density at radius 1 is 1.00 bits per heavy atom. The van der Waals surface area contributed by atoms with Crippen LogP contribution in [0.5, 0.6) is 0 Å². The van der Waals surface area contributed by atoms with Gasteiger partial charge in [0.2, 0.25) is 0 Å². The molecule has 0 aliphatic rings. The topological polar surface area (TPSA) is 71.6 Å². The molecule has 0 atom stereocenters. The molecule has 4 heteroatoms. The van der Waals surface area contributed by atoms with Crippen LogP contribution in [0.2, 0.25) is 0 Å². The summed E-state index contributed by atoms with van der Waals surface area (Å²) in [5.74, 6) is -0.913. The Balaban J connectivity index is -0.000000605. The number of carbonyl (C=O) groups excluding carboxylic acids is 1. The van der Waals surface area contributed by atoms with Gasteiger partial charge in [-0.2, -0.15) is 0 Å². The number of carboxylic acids is 1. The van der Waals surface area contributed by atoms with Crippen LogP contribution in [0.4, 0.5) is 0 Å². The van der Waals surface area contributed by atoms with Crippen LogP contribution in [0.3, 0.4) is 0 Å². The first-order chi connectivity index (χ1) is 5.77. The zero-order valence-corrected chi connectivity index (χ0v) is 12.6. The van der Waals surface area contributed by atoms with Crippen LogP contribution in [0.25, 0.3) is 0 Å². The number of rotatable bonds is 8. The summed E-state index contributed by atoms with van der Waals surface area (Å²) in [5.41, 5.74) is 0. The number of aliphatic carboxylic acids is 1. The van der Waals surface area contributed by atoms with Crippen molar-refractivity contribution in [3.05, 3.63) is 0 Å². The van der Waals surface area contributed by atoms with E-state index in [1.165, 1.54) is 32.1 Å². The molecule has 0 rings (SSSR count). The molecule has 80 valence electrons. The molecule has 0 saturated carbocycles. The fourth-order valence-corrected chi connectivity index (χ4v) is 1.23. The van der Waals surface area contributed by atoms with Crippen molar-refractivity contribution in [1.29, 1.82) is 0 Å². The second kappa shape index (κ2) is 16.5. The van der Waals surface area contributed by atoms with Crippen LogP contribution in [-0.2, 0) is 4.79 Å². The largest absolute Gasteiger partial charge is 1.00 e. The van der Waals surface area contributed by atoms with Crippen molar-refractivity contribution in [3.8, 4) is 0 Å². The predicted molar refractivity (Wildman–Crippen MR) is 51.2 cm³/mol. The molecule has 0 aliphatic heterocycles. The molecule has 0 unspecified atom stereocenters. The molecule has 0 aromatic carbocycles. The van der Waals surface area contributed by atoms with Gasteiger partial charge in [-0.1, -0.05) is 45.4 Å². The van der Waals surface area contributed by atoms with E-state index in [9.17, 15) is 9.90 Å². The van der Waals surface area contributed by atoms with Crippen LogP contribution in [0.1, 0.15) is 58.3 Å². The molecule has 0 amide bonds. The monoisotopic (exact) mass is 228 g/mol. The van der Waals surface area contributed by atoms with Crippen LogP contribution in [-0.4, -0.2) is 11.4 Å². The van der Waals surface area contributed by atoms with Crippen molar-refractivity contribution in [3.63, 3.8) is 0 Å². The molecular formula is C10H21KO3. The molecule has 0 heterocycles. The summed E-state index contributed by atoms with van der Waals surface area (Å²) in [4.78, 5) is 10.0. The SMILES string of the molecule is CCCCCCCCCC(=O)[O-].O.[K+]. The van der Waals surface area contributed by atoms with Gasteiger partial charge in [0, 0.05) is 5.97 Å². The van der Waals surface area contributed by atoms with E-state index in [0.29, 0.717) is 0 Å². The number of hydrogen-bond acceptors (Lipinski definition) is 2. The number of carbonyl (C=O) groups is 1. The molecule has 0 aromatic rings. The molecule has 0 aromatic heterocycles. The van der Waals surface area contributed by atoms with E-state index >= 15 is 0 Å². The Morgan fingerprint density at radius 2 is 1.43 bits per heavy atom. The smallest absolute Gasteiger partial charge is 0.550 e. The van der Waals surface area contributed by atoms with E-state index in [4.69, 9.17) is 0 Å². The minimum Gasteiger partial charge on any atom is -0.550 e. The van der Waals surface area contributed by atoms with Crippen molar-refractivity contribution in [1.82, 2.24) is 0 Å². The average molecular weight is 228 g/mol. The first-order valence-electron chi connectivity index (χ1n) is 4.97. The third-order valence-electron chi connectivity index (χ3n) is 1.98. The van der Waals surface area contributed by atoms with Crippen LogP contribution < -0.4 is 56.5 Å². The maximum Gasteiger partial charge on any atom is 1.00 e. The average Bonchev–Trinajstić information content (AvgIpc) is 2.02. The summed E-state index contributed by atoms with van der Waals surface area (Å²) >= 11 is 0. The van der Waals surface area contributed by atoms with Gasteiger partial charge in [-0.3, -0.25) is 0 Å². The van der Waals surface area contributed by atoms with E-state index in [0.717, 1.165) is 12.8 Å². The van der Waals surface area contributed by atoms with Crippen LogP contribution in [0.15, 0.2) is 0 Å². The maximum atomic E-state index is 10.0. The number of unbranched alkanes of at least 4 members (excludes halogenated alkanes) is 6. The second-order valence-electron chi connectivity index (χ2n) is 3.24. The summed E-state index contributed by atoms with van der Waals surface area (Å²) in [6, 6.07) is 0. The molecule has 3 nitrogen and oxygen atoms in total. The van der Waals surface area contributed by atoms with Crippen molar-refractivity contribution >= 4 is 5.97 Å². The van der Waals surface area contributed by atoms with E-state index in [1.807, 2.05) is 0 Å². The van der Waals surface area contributed by atoms with Gasteiger partial charge < -0.3 is 15.4 Å². The molecule has 0 radical (unpaired) electrons. The molecule has 0 spiro atoms. The molecule has 14 heavy (non-hydrogen) atoms. The molecule has 0 bridgehead atoms. The number of carboxylic acid groups (broad SMARTS) is 1. The molecular weight excluding hydrogens is 207 g/mol. The molecule has 0 aliphatic carbocycles. The predicted octanol–water partition coefficient (Wildman–Crippen LogP) is -1.94. The van der Waals surface area contributed by atoms with Gasteiger partial charge in [-0.05, 0) is 12.8 Å². The van der Waals surface area contributed by atoms with Gasteiger partial charge >= 0.3 is 51.4 Å². The van der Waals surface area contributed by atoms with Crippen molar-refractivity contribution in [2.24, 2.45) is 0 Å². The third kappa shape index (κ3) is 18.8. The van der Waals surface area contributed by atoms with Crippen LogP contribution in [0, 0.1) is 0 Å². The summed E-state index contributed by atoms with van der Waals surface area (Å²) in [5, 5.41) is 10.0. The van der Waals surface area contributed by atoms with Gasteiger partial charge in [0.05, 0.1) is 0 Å².